The van der Waals surface area contributed by atoms with Crippen LogP contribution in [-0.2, 0) is 21.2 Å². The van der Waals surface area contributed by atoms with E-state index >= 15 is 0 Å². The Morgan fingerprint density at radius 2 is 1.72 bits per heavy atom. The van der Waals surface area contributed by atoms with E-state index in [2.05, 4.69) is 10.6 Å². The lowest BCUT2D eigenvalue weighted by Gasteiger charge is -2.36. The van der Waals surface area contributed by atoms with Gasteiger partial charge in [-0.2, -0.15) is 0 Å². The van der Waals surface area contributed by atoms with Crippen molar-refractivity contribution in [2.75, 3.05) is 31.7 Å². The number of benzene rings is 2. The summed E-state index contributed by atoms with van der Waals surface area (Å²) in [6.45, 7) is 4.38. The van der Waals surface area contributed by atoms with Gasteiger partial charge in [-0.3, -0.25) is 9.59 Å². The van der Waals surface area contributed by atoms with Gasteiger partial charge in [0.05, 0.1) is 23.4 Å². The maximum atomic E-state index is 14.5. The van der Waals surface area contributed by atoms with E-state index in [-0.39, 0.29) is 23.7 Å². The van der Waals surface area contributed by atoms with Gasteiger partial charge >= 0.3 is 0 Å². The summed E-state index contributed by atoms with van der Waals surface area (Å²) in [6.07, 6.45) is 5.14. The van der Waals surface area contributed by atoms with Crippen LogP contribution in [0.1, 0.15) is 68.4 Å². The van der Waals surface area contributed by atoms with Crippen LogP contribution in [0.4, 0.5) is 10.1 Å². The molecule has 1 saturated carbocycles. The first-order chi connectivity index (χ1) is 20.4. The fourth-order valence-corrected chi connectivity index (χ4v) is 9.20. The summed E-state index contributed by atoms with van der Waals surface area (Å²) in [5.41, 5.74) is 8.71. The smallest absolute Gasteiger partial charge is 0.250 e. The molecule has 1 aromatic heterocycles. The predicted octanol–water partition coefficient (Wildman–Crippen LogP) is 4.49. The molecule has 3 aromatic rings. The molecule has 2 amide bonds. The van der Waals surface area contributed by atoms with Crippen molar-refractivity contribution in [2.24, 2.45) is 11.1 Å². The zero-order valence-corrected chi connectivity index (χ0v) is 26.2. The Morgan fingerprint density at radius 3 is 2.35 bits per heavy atom. The number of anilines is 1. The van der Waals surface area contributed by atoms with Gasteiger partial charge in [0.1, 0.15) is 5.82 Å². The summed E-state index contributed by atoms with van der Waals surface area (Å²) in [6, 6.07) is 9.79. The molecule has 0 unspecified atom stereocenters. The van der Waals surface area contributed by atoms with Crippen LogP contribution in [0, 0.1) is 11.2 Å². The van der Waals surface area contributed by atoms with Gasteiger partial charge in [0, 0.05) is 34.4 Å². The number of nitrogens with two attached hydrogens (primary N) is 1. The van der Waals surface area contributed by atoms with Crippen molar-refractivity contribution in [3.05, 3.63) is 53.5 Å². The average Bonchev–Trinajstić information content (AvgIpc) is 3.26. The zero-order valence-electron chi connectivity index (χ0n) is 25.4. The monoisotopic (exact) mass is 611 g/mol. The van der Waals surface area contributed by atoms with Crippen molar-refractivity contribution in [3.8, 4) is 11.1 Å². The van der Waals surface area contributed by atoms with Crippen LogP contribution >= 0.6 is 0 Å². The van der Waals surface area contributed by atoms with Gasteiger partial charge in [-0.25, -0.2) is 16.8 Å². The molecule has 2 aliphatic rings. The molecule has 4 N–H and O–H groups in total. The Hall–Kier alpha value is -3.44. The highest BCUT2D eigenvalue weighted by molar-refractivity contribution is 7.90. The number of primary amides is 1. The number of nitrogens with zero attached hydrogens (tertiary/aromatic N) is 2. The van der Waals surface area contributed by atoms with E-state index in [1.54, 1.807) is 18.2 Å². The summed E-state index contributed by atoms with van der Waals surface area (Å²) in [7, 11) is -0.0321. The van der Waals surface area contributed by atoms with Crippen LogP contribution in [0.5, 0.6) is 0 Å². The highest BCUT2D eigenvalue weighted by atomic mass is 32.2. The number of amides is 2. The molecule has 43 heavy (non-hydrogen) atoms. The highest BCUT2D eigenvalue weighted by Crippen LogP contribution is 2.46. The number of fused-ring (bicyclic) bond motifs is 3. The third-order valence-electron chi connectivity index (χ3n) is 9.28. The second-order valence-electron chi connectivity index (χ2n) is 12.5. The summed E-state index contributed by atoms with van der Waals surface area (Å²) in [5, 5.41) is 7.28. The quantitative estimate of drug-likeness (QED) is 0.327. The summed E-state index contributed by atoms with van der Waals surface area (Å²) in [5.74, 6) is -1.06. The van der Waals surface area contributed by atoms with Crippen LogP contribution in [0.3, 0.4) is 0 Å². The molecule has 1 aliphatic heterocycles. The van der Waals surface area contributed by atoms with Gasteiger partial charge < -0.3 is 21.3 Å². The second kappa shape index (κ2) is 11.9. The van der Waals surface area contributed by atoms with Crippen LogP contribution in [0.2, 0.25) is 0 Å². The van der Waals surface area contributed by atoms with Gasteiger partial charge in [0.2, 0.25) is 15.9 Å². The highest BCUT2D eigenvalue weighted by Gasteiger charge is 2.42. The van der Waals surface area contributed by atoms with Crippen molar-refractivity contribution in [3.63, 3.8) is 0 Å². The molecule has 1 fully saturated rings. The third-order valence-corrected chi connectivity index (χ3v) is 11.2. The van der Waals surface area contributed by atoms with Crippen molar-refractivity contribution in [1.82, 2.24) is 14.2 Å². The summed E-state index contributed by atoms with van der Waals surface area (Å²) < 4.78 is 43.3. The molecule has 0 bridgehead atoms. The lowest BCUT2D eigenvalue weighted by atomic mass is 9.78. The van der Waals surface area contributed by atoms with Crippen LogP contribution in [0.15, 0.2) is 36.4 Å². The van der Waals surface area contributed by atoms with Crippen LogP contribution in [0.25, 0.3) is 22.0 Å². The summed E-state index contributed by atoms with van der Waals surface area (Å²) >= 11 is 0. The SMILES string of the molecule is CCC1(CC)Cc2c(-c3ccc(C(N)=O)c(NC4CCC(NC(=O)CN(C)C)CC4)c3)c3ccc(F)cc3n2S(=O)(=O)C1. The standard InChI is InChI=1S/C32H42FN5O4S/c1-5-32(6-2)17-28-30(25-14-8-21(33)16-27(25)38(28)43(41,42)19-32)20-7-13-24(31(34)40)26(15-20)35-22-9-11-23(12-10-22)36-29(39)18-37(3)4/h7-8,13-16,22-23,35H,5-6,9-12,17-19H2,1-4H3,(H2,34,40)(H,36,39). The first-order valence-electron chi connectivity index (χ1n) is 15.1. The minimum atomic E-state index is -3.75. The van der Waals surface area contributed by atoms with Crippen molar-refractivity contribution < 1.29 is 22.4 Å². The van der Waals surface area contributed by atoms with Crippen LogP contribution < -0.4 is 16.4 Å². The average molecular weight is 612 g/mol. The number of aromatic nitrogens is 1. The lowest BCUT2D eigenvalue weighted by molar-refractivity contribution is -0.122. The number of likely N-dealkylation sites (N-methyl/N-ethyl adjacent to an activating group) is 1. The fourth-order valence-electron chi connectivity index (χ4n) is 6.85. The number of hydrogen-bond acceptors (Lipinski definition) is 6. The van der Waals surface area contributed by atoms with E-state index in [9.17, 15) is 22.4 Å². The number of nitrogens with one attached hydrogen (secondary N) is 2. The topological polar surface area (TPSA) is 127 Å². The molecule has 2 heterocycles. The van der Waals surface area contributed by atoms with E-state index in [0.717, 1.165) is 36.8 Å². The van der Waals surface area contributed by atoms with E-state index < -0.39 is 27.2 Å². The zero-order chi connectivity index (χ0) is 31.1. The molecule has 2 aromatic carbocycles. The number of carbonyl (C=O) groups excluding carboxylic acids is 2. The Kier molecular flexibility index (Phi) is 8.59. The van der Waals surface area contributed by atoms with Gasteiger partial charge in [-0.15, -0.1) is 0 Å². The fraction of sp³-hybridized carbons (Fsp3) is 0.500. The van der Waals surface area contributed by atoms with E-state index in [1.807, 2.05) is 38.9 Å². The first kappa shape index (κ1) is 31.0. The second-order valence-corrected chi connectivity index (χ2v) is 14.3. The Bertz CT molecular complexity index is 1650. The van der Waals surface area contributed by atoms with Gasteiger partial charge in [-0.1, -0.05) is 19.9 Å². The number of hydrogen-bond donors (Lipinski definition) is 3. The van der Waals surface area contributed by atoms with Gasteiger partial charge in [0.15, 0.2) is 0 Å². The molecular formula is C32H42FN5O4S. The van der Waals surface area contributed by atoms with E-state index in [4.69, 9.17) is 5.73 Å². The number of carbonyl (C=O) groups is 2. The van der Waals surface area contributed by atoms with Crippen molar-refractivity contribution in [2.45, 2.75) is 70.9 Å². The minimum Gasteiger partial charge on any atom is -0.382 e. The Labute approximate surface area is 253 Å². The first-order valence-corrected chi connectivity index (χ1v) is 16.7. The van der Waals surface area contributed by atoms with Crippen LogP contribution in [-0.4, -0.2) is 67.6 Å². The van der Waals surface area contributed by atoms with Gasteiger partial charge in [-0.05, 0) is 100 Å². The minimum absolute atomic E-state index is 0.00492. The van der Waals surface area contributed by atoms with E-state index in [0.29, 0.717) is 53.7 Å². The van der Waals surface area contributed by atoms with Crippen molar-refractivity contribution >= 4 is 38.4 Å². The Balaban J connectivity index is 1.52. The maximum absolute atomic E-state index is 14.5. The number of rotatable bonds is 9. The van der Waals surface area contributed by atoms with E-state index in [1.165, 1.54) is 16.1 Å². The summed E-state index contributed by atoms with van der Waals surface area (Å²) in [4.78, 5) is 26.5. The van der Waals surface area contributed by atoms with Crippen molar-refractivity contribution in [1.29, 1.82) is 0 Å². The normalized spacial score (nSPS) is 21.0. The molecule has 1 aliphatic carbocycles. The predicted molar refractivity (Wildman–Crippen MR) is 168 cm³/mol. The molecule has 0 radical (unpaired) electrons. The maximum Gasteiger partial charge on any atom is 0.250 e. The lowest BCUT2D eigenvalue weighted by Crippen LogP contribution is -2.43. The molecule has 0 atom stereocenters. The number of halogens is 1. The molecule has 5 rings (SSSR count). The Morgan fingerprint density at radius 1 is 1.05 bits per heavy atom. The molecule has 232 valence electrons. The molecule has 0 spiro atoms. The molecule has 9 nitrogen and oxygen atoms in total. The molecular weight excluding hydrogens is 569 g/mol. The molecule has 0 saturated heterocycles. The van der Waals surface area contributed by atoms with Gasteiger partial charge in [0.25, 0.3) is 5.91 Å². The third kappa shape index (κ3) is 6.15. The largest absolute Gasteiger partial charge is 0.382 e. The molecule has 11 heteroatoms.